The number of ether oxygens (including phenoxy) is 1. The van der Waals surface area contributed by atoms with Crippen LogP contribution in [0.5, 0.6) is 0 Å². The Kier molecular flexibility index (Phi) is 3.38. The summed E-state index contributed by atoms with van der Waals surface area (Å²) in [5.74, 6) is 0. The summed E-state index contributed by atoms with van der Waals surface area (Å²) in [6.45, 7) is 1.15. The summed E-state index contributed by atoms with van der Waals surface area (Å²) >= 11 is 0. The van der Waals surface area contributed by atoms with Crippen molar-refractivity contribution in [2.75, 3.05) is 13.2 Å². The third-order valence-corrected chi connectivity index (χ3v) is 7.08. The predicted octanol–water partition coefficient (Wildman–Crippen LogP) is 0.449. The van der Waals surface area contributed by atoms with Crippen molar-refractivity contribution in [3.63, 3.8) is 0 Å². The molecular weight excluding hydrogens is 252 g/mol. The van der Waals surface area contributed by atoms with E-state index in [1.807, 2.05) is 4.31 Å². The van der Waals surface area contributed by atoms with Crippen LogP contribution < -0.4 is 5.73 Å². The van der Waals surface area contributed by atoms with Crippen LogP contribution >= 0.6 is 0 Å². The lowest BCUT2D eigenvalue weighted by Crippen LogP contribution is -2.53. The van der Waals surface area contributed by atoms with Crippen LogP contribution in [0, 0.1) is 0 Å². The van der Waals surface area contributed by atoms with Crippen molar-refractivity contribution < 1.29 is 13.2 Å². The number of hydrogen-bond donors (Lipinski definition) is 1. The normalized spacial score (nSPS) is 39.1. The van der Waals surface area contributed by atoms with E-state index in [-0.39, 0.29) is 23.4 Å². The van der Waals surface area contributed by atoms with E-state index >= 15 is 0 Å². The van der Waals surface area contributed by atoms with Gasteiger partial charge in [-0.05, 0) is 38.5 Å². The average Bonchev–Trinajstić information content (AvgIpc) is 2.64. The van der Waals surface area contributed by atoms with Crippen LogP contribution in [0.25, 0.3) is 0 Å². The number of fused-ring (bicyclic) bond motifs is 2. The van der Waals surface area contributed by atoms with Gasteiger partial charge in [0.25, 0.3) is 0 Å². The highest BCUT2D eigenvalue weighted by Crippen LogP contribution is 2.39. The van der Waals surface area contributed by atoms with Crippen LogP contribution in [0.2, 0.25) is 0 Å². The van der Waals surface area contributed by atoms with Gasteiger partial charge in [-0.3, -0.25) is 0 Å². The number of hydrogen-bond acceptors (Lipinski definition) is 4. The number of nitrogens with zero attached hydrogens (tertiary/aromatic N) is 1. The van der Waals surface area contributed by atoms with Gasteiger partial charge >= 0.3 is 0 Å². The summed E-state index contributed by atoms with van der Waals surface area (Å²) in [4.78, 5) is 0. The molecule has 0 radical (unpaired) electrons. The Morgan fingerprint density at radius 3 is 2.11 bits per heavy atom. The van der Waals surface area contributed by atoms with Crippen molar-refractivity contribution in [2.24, 2.45) is 5.73 Å². The fourth-order valence-electron chi connectivity index (χ4n) is 3.74. The summed E-state index contributed by atoms with van der Waals surface area (Å²) in [6.07, 6.45) is 4.92. The van der Waals surface area contributed by atoms with E-state index in [9.17, 15) is 8.42 Å². The number of nitrogens with two attached hydrogens (primary N) is 1. The summed E-state index contributed by atoms with van der Waals surface area (Å²) in [5.41, 5.74) is 6.00. The van der Waals surface area contributed by atoms with Gasteiger partial charge in [0.2, 0.25) is 10.0 Å². The Morgan fingerprint density at radius 2 is 1.56 bits per heavy atom. The Hall–Kier alpha value is -0.170. The summed E-state index contributed by atoms with van der Waals surface area (Å²) in [7, 11) is -3.15. The summed E-state index contributed by atoms with van der Waals surface area (Å²) in [6, 6.07) is 0.502. The molecular formula is C12H22N2O3S. The molecule has 3 saturated heterocycles. The summed E-state index contributed by atoms with van der Waals surface area (Å²) in [5, 5.41) is -0.233. The van der Waals surface area contributed by atoms with Crippen LogP contribution in [0.1, 0.15) is 38.5 Å². The van der Waals surface area contributed by atoms with Gasteiger partial charge in [-0.2, -0.15) is 4.31 Å². The van der Waals surface area contributed by atoms with Gasteiger partial charge in [-0.25, -0.2) is 8.42 Å². The van der Waals surface area contributed by atoms with Crippen molar-refractivity contribution >= 4 is 10.0 Å². The SMILES string of the molecule is NC1CC2CCC(C1)N2S(=O)(=O)C1CCOCC1. The molecule has 3 rings (SSSR count). The van der Waals surface area contributed by atoms with Gasteiger partial charge in [0, 0.05) is 31.3 Å². The molecule has 0 aromatic carbocycles. The first-order chi connectivity index (χ1) is 8.59. The second-order valence-electron chi connectivity index (χ2n) is 5.80. The highest BCUT2D eigenvalue weighted by atomic mass is 32.2. The van der Waals surface area contributed by atoms with E-state index < -0.39 is 10.0 Å². The largest absolute Gasteiger partial charge is 0.381 e. The molecule has 0 amide bonds. The zero-order valence-corrected chi connectivity index (χ0v) is 11.4. The number of rotatable bonds is 2. The van der Waals surface area contributed by atoms with Gasteiger partial charge in [-0.1, -0.05) is 0 Å². The van der Waals surface area contributed by atoms with Crippen LogP contribution in [0.4, 0.5) is 0 Å². The zero-order chi connectivity index (χ0) is 12.8. The Balaban J connectivity index is 1.81. The standard InChI is InChI=1S/C12H22N2O3S/c13-9-7-10-1-2-11(8-9)14(10)18(15,16)12-3-5-17-6-4-12/h9-12H,1-8,13H2. The lowest BCUT2D eigenvalue weighted by molar-refractivity contribution is 0.0959. The first kappa shape index (κ1) is 12.8. The van der Waals surface area contributed by atoms with Crippen LogP contribution in [-0.4, -0.2) is 49.3 Å². The van der Waals surface area contributed by atoms with Gasteiger partial charge in [0.05, 0.1) is 5.25 Å². The molecule has 0 aromatic heterocycles. The van der Waals surface area contributed by atoms with Crippen LogP contribution in [0.15, 0.2) is 0 Å². The minimum Gasteiger partial charge on any atom is -0.381 e. The fraction of sp³-hybridized carbons (Fsp3) is 1.00. The minimum absolute atomic E-state index is 0.159. The smallest absolute Gasteiger partial charge is 0.217 e. The van der Waals surface area contributed by atoms with Crippen molar-refractivity contribution in [3.8, 4) is 0 Å². The molecule has 5 nitrogen and oxygen atoms in total. The first-order valence-corrected chi connectivity index (χ1v) is 8.45. The van der Waals surface area contributed by atoms with E-state index in [1.165, 1.54) is 0 Å². The molecule has 3 fully saturated rings. The van der Waals surface area contributed by atoms with Crippen LogP contribution in [-0.2, 0) is 14.8 Å². The monoisotopic (exact) mass is 274 g/mol. The zero-order valence-electron chi connectivity index (χ0n) is 10.6. The highest BCUT2D eigenvalue weighted by Gasteiger charge is 2.48. The molecule has 6 heteroatoms. The van der Waals surface area contributed by atoms with Crippen molar-refractivity contribution in [2.45, 2.75) is 61.9 Å². The average molecular weight is 274 g/mol. The second kappa shape index (κ2) is 4.74. The predicted molar refractivity (Wildman–Crippen MR) is 68.6 cm³/mol. The van der Waals surface area contributed by atoms with Crippen molar-refractivity contribution in [1.82, 2.24) is 4.31 Å². The molecule has 0 aromatic rings. The third kappa shape index (κ3) is 2.09. The maximum atomic E-state index is 12.7. The Bertz CT molecular complexity index is 392. The molecule has 2 atom stereocenters. The van der Waals surface area contributed by atoms with E-state index in [0.29, 0.717) is 26.1 Å². The fourth-order valence-corrected chi connectivity index (χ4v) is 6.08. The number of sulfonamides is 1. The number of piperidine rings is 1. The van der Waals surface area contributed by atoms with Gasteiger partial charge in [-0.15, -0.1) is 0 Å². The van der Waals surface area contributed by atoms with E-state index in [1.54, 1.807) is 0 Å². The van der Waals surface area contributed by atoms with Gasteiger partial charge < -0.3 is 10.5 Å². The Morgan fingerprint density at radius 1 is 1.00 bits per heavy atom. The lowest BCUT2D eigenvalue weighted by atomic mass is 10.0. The Labute approximate surface area is 109 Å². The lowest BCUT2D eigenvalue weighted by Gasteiger charge is -2.39. The molecule has 104 valence electrons. The molecule has 3 aliphatic heterocycles. The molecule has 2 N–H and O–H groups in total. The van der Waals surface area contributed by atoms with Crippen LogP contribution in [0.3, 0.4) is 0 Å². The second-order valence-corrected chi connectivity index (χ2v) is 7.92. The molecule has 3 aliphatic rings. The first-order valence-electron chi connectivity index (χ1n) is 6.94. The van der Waals surface area contributed by atoms with Gasteiger partial charge in [0.15, 0.2) is 0 Å². The topological polar surface area (TPSA) is 72.6 Å². The maximum Gasteiger partial charge on any atom is 0.217 e. The quantitative estimate of drug-likeness (QED) is 0.793. The highest BCUT2D eigenvalue weighted by molar-refractivity contribution is 7.89. The van der Waals surface area contributed by atoms with Crippen molar-refractivity contribution in [3.05, 3.63) is 0 Å². The molecule has 0 saturated carbocycles. The molecule has 3 heterocycles. The maximum absolute atomic E-state index is 12.7. The van der Waals surface area contributed by atoms with E-state index in [4.69, 9.17) is 10.5 Å². The molecule has 0 aliphatic carbocycles. The third-order valence-electron chi connectivity index (χ3n) is 4.59. The molecule has 18 heavy (non-hydrogen) atoms. The molecule has 2 bridgehead atoms. The summed E-state index contributed by atoms with van der Waals surface area (Å²) < 4.78 is 32.6. The van der Waals surface area contributed by atoms with E-state index in [2.05, 4.69) is 0 Å². The molecule has 0 spiro atoms. The van der Waals surface area contributed by atoms with Crippen molar-refractivity contribution in [1.29, 1.82) is 0 Å². The minimum atomic E-state index is -3.15. The van der Waals surface area contributed by atoms with Gasteiger partial charge in [0.1, 0.15) is 0 Å². The van der Waals surface area contributed by atoms with E-state index in [0.717, 1.165) is 25.7 Å². The molecule has 2 unspecified atom stereocenters.